The predicted molar refractivity (Wildman–Crippen MR) is 96.9 cm³/mol. The van der Waals surface area contributed by atoms with Crippen LogP contribution >= 0.6 is 0 Å². The SMILES string of the molecule is COCCN(Cc1ccccc1)C(=O)Cn1nnc(-c2cccc(F)c2)n1. The highest BCUT2D eigenvalue weighted by Gasteiger charge is 2.16. The zero-order chi connectivity index (χ0) is 19.1. The van der Waals surface area contributed by atoms with E-state index in [0.29, 0.717) is 25.3 Å². The standard InChI is InChI=1S/C19H20FN5O2/c1-27-11-10-24(13-15-6-3-2-4-7-15)18(26)14-25-22-19(21-23-25)16-8-5-9-17(20)12-16/h2-9,12H,10-11,13-14H2,1H3. The molecular formula is C19H20FN5O2. The van der Waals surface area contributed by atoms with Crippen molar-refractivity contribution >= 4 is 5.91 Å². The van der Waals surface area contributed by atoms with Gasteiger partial charge in [0.2, 0.25) is 11.7 Å². The van der Waals surface area contributed by atoms with Gasteiger partial charge in [0.05, 0.1) is 6.61 Å². The third-order valence-corrected chi connectivity index (χ3v) is 3.95. The van der Waals surface area contributed by atoms with Gasteiger partial charge in [0.25, 0.3) is 0 Å². The molecule has 1 amide bonds. The summed E-state index contributed by atoms with van der Waals surface area (Å²) in [7, 11) is 1.59. The molecule has 3 aromatic rings. The molecule has 2 aromatic carbocycles. The van der Waals surface area contributed by atoms with Crippen molar-refractivity contribution in [2.45, 2.75) is 13.1 Å². The number of nitrogens with zero attached hydrogens (tertiary/aromatic N) is 5. The summed E-state index contributed by atoms with van der Waals surface area (Å²) in [6, 6.07) is 15.6. The molecule has 0 atom stereocenters. The van der Waals surface area contributed by atoms with E-state index in [2.05, 4.69) is 15.4 Å². The van der Waals surface area contributed by atoms with Crippen LogP contribution in [-0.2, 0) is 22.6 Å². The van der Waals surface area contributed by atoms with Crippen LogP contribution in [0.4, 0.5) is 4.39 Å². The summed E-state index contributed by atoms with van der Waals surface area (Å²) >= 11 is 0. The molecule has 0 bridgehead atoms. The van der Waals surface area contributed by atoms with Crippen LogP contribution in [0, 0.1) is 5.82 Å². The Labute approximate surface area is 156 Å². The molecule has 1 aromatic heterocycles. The van der Waals surface area contributed by atoms with Crippen LogP contribution in [0.2, 0.25) is 0 Å². The molecule has 0 saturated carbocycles. The lowest BCUT2D eigenvalue weighted by atomic mass is 10.2. The van der Waals surface area contributed by atoms with Gasteiger partial charge in [0.1, 0.15) is 12.4 Å². The van der Waals surface area contributed by atoms with Crippen LogP contribution < -0.4 is 0 Å². The topological polar surface area (TPSA) is 73.1 Å². The lowest BCUT2D eigenvalue weighted by Crippen LogP contribution is -2.36. The molecule has 0 radical (unpaired) electrons. The zero-order valence-corrected chi connectivity index (χ0v) is 15.0. The Morgan fingerprint density at radius 2 is 2.00 bits per heavy atom. The summed E-state index contributed by atoms with van der Waals surface area (Å²) < 4.78 is 18.4. The maximum atomic E-state index is 13.3. The first-order valence-electron chi connectivity index (χ1n) is 8.50. The van der Waals surface area contributed by atoms with Crippen molar-refractivity contribution in [3.8, 4) is 11.4 Å². The number of halogens is 1. The lowest BCUT2D eigenvalue weighted by Gasteiger charge is -2.22. The minimum Gasteiger partial charge on any atom is -0.383 e. The van der Waals surface area contributed by atoms with Crippen LogP contribution in [0.5, 0.6) is 0 Å². The summed E-state index contributed by atoms with van der Waals surface area (Å²) in [6.45, 7) is 1.29. The summed E-state index contributed by atoms with van der Waals surface area (Å²) in [5.74, 6) is -0.263. The maximum absolute atomic E-state index is 13.3. The van der Waals surface area contributed by atoms with Crippen LogP contribution in [0.3, 0.4) is 0 Å². The van der Waals surface area contributed by atoms with Gasteiger partial charge in [-0.15, -0.1) is 10.2 Å². The molecule has 0 spiro atoms. The first-order valence-corrected chi connectivity index (χ1v) is 8.50. The summed E-state index contributed by atoms with van der Waals surface area (Å²) in [4.78, 5) is 15.6. The molecule has 27 heavy (non-hydrogen) atoms. The molecule has 0 N–H and O–H groups in total. The van der Waals surface area contributed by atoms with E-state index >= 15 is 0 Å². The Bertz CT molecular complexity index is 885. The van der Waals surface area contributed by atoms with E-state index in [0.717, 1.165) is 5.56 Å². The number of benzene rings is 2. The molecule has 140 valence electrons. The van der Waals surface area contributed by atoms with Crippen molar-refractivity contribution in [2.24, 2.45) is 0 Å². The number of ether oxygens (including phenoxy) is 1. The minimum absolute atomic E-state index is 0.0567. The van der Waals surface area contributed by atoms with Gasteiger partial charge in [-0.3, -0.25) is 4.79 Å². The van der Waals surface area contributed by atoms with Crippen LogP contribution in [-0.4, -0.2) is 51.3 Å². The third kappa shape index (κ3) is 5.18. The number of hydrogen-bond acceptors (Lipinski definition) is 5. The first-order chi connectivity index (χ1) is 13.2. The molecule has 0 aliphatic carbocycles. The second-order valence-electron chi connectivity index (χ2n) is 5.95. The number of tetrazole rings is 1. The second kappa shape index (κ2) is 9.00. The fourth-order valence-corrected chi connectivity index (χ4v) is 2.57. The quantitative estimate of drug-likeness (QED) is 0.608. The summed E-state index contributed by atoms with van der Waals surface area (Å²) in [5, 5.41) is 12.0. The molecule has 1 heterocycles. The van der Waals surface area contributed by atoms with E-state index in [1.165, 1.54) is 16.9 Å². The van der Waals surface area contributed by atoms with Crippen molar-refractivity contribution in [1.82, 2.24) is 25.1 Å². The summed E-state index contributed by atoms with van der Waals surface area (Å²) in [6.07, 6.45) is 0. The fraction of sp³-hybridized carbons (Fsp3) is 0.263. The molecule has 0 aliphatic heterocycles. The average Bonchev–Trinajstić information content (AvgIpc) is 3.14. The Kier molecular flexibility index (Phi) is 6.22. The lowest BCUT2D eigenvalue weighted by molar-refractivity contribution is -0.133. The number of carbonyl (C=O) groups excluding carboxylic acids is 1. The number of rotatable bonds is 8. The Morgan fingerprint density at radius 3 is 2.74 bits per heavy atom. The fourth-order valence-electron chi connectivity index (χ4n) is 2.57. The number of amides is 1. The van der Waals surface area contributed by atoms with E-state index in [-0.39, 0.29) is 24.1 Å². The molecule has 0 aliphatic rings. The van der Waals surface area contributed by atoms with Crippen LogP contribution in [0.15, 0.2) is 54.6 Å². The molecular weight excluding hydrogens is 349 g/mol. The van der Waals surface area contributed by atoms with E-state index in [1.54, 1.807) is 24.1 Å². The van der Waals surface area contributed by atoms with Gasteiger partial charge in [-0.25, -0.2) is 4.39 Å². The van der Waals surface area contributed by atoms with E-state index < -0.39 is 0 Å². The van der Waals surface area contributed by atoms with E-state index in [4.69, 9.17) is 4.74 Å². The normalized spacial score (nSPS) is 10.7. The van der Waals surface area contributed by atoms with Crippen LogP contribution in [0.25, 0.3) is 11.4 Å². The van der Waals surface area contributed by atoms with Gasteiger partial charge in [-0.1, -0.05) is 42.5 Å². The summed E-state index contributed by atoms with van der Waals surface area (Å²) in [5.41, 5.74) is 1.53. The Morgan fingerprint density at radius 1 is 1.19 bits per heavy atom. The van der Waals surface area contributed by atoms with Gasteiger partial charge in [0, 0.05) is 25.8 Å². The van der Waals surface area contributed by atoms with Gasteiger partial charge < -0.3 is 9.64 Å². The van der Waals surface area contributed by atoms with Crippen molar-refractivity contribution in [3.05, 3.63) is 66.0 Å². The molecule has 8 heteroatoms. The van der Waals surface area contributed by atoms with Gasteiger partial charge in [-0.2, -0.15) is 4.80 Å². The maximum Gasteiger partial charge on any atom is 0.246 e. The smallest absolute Gasteiger partial charge is 0.246 e. The van der Waals surface area contributed by atoms with Gasteiger partial charge in [0.15, 0.2) is 0 Å². The van der Waals surface area contributed by atoms with Gasteiger partial charge in [-0.05, 0) is 22.9 Å². The number of carbonyl (C=O) groups is 1. The highest BCUT2D eigenvalue weighted by Crippen LogP contribution is 2.14. The average molecular weight is 369 g/mol. The molecule has 0 saturated heterocycles. The third-order valence-electron chi connectivity index (χ3n) is 3.95. The van der Waals surface area contributed by atoms with Crippen molar-refractivity contribution in [3.63, 3.8) is 0 Å². The van der Waals surface area contributed by atoms with Crippen LogP contribution in [0.1, 0.15) is 5.56 Å². The van der Waals surface area contributed by atoms with Crippen molar-refractivity contribution < 1.29 is 13.9 Å². The number of aromatic nitrogens is 4. The first kappa shape index (κ1) is 18.7. The zero-order valence-electron chi connectivity index (χ0n) is 15.0. The monoisotopic (exact) mass is 369 g/mol. The Hall–Kier alpha value is -3.13. The predicted octanol–water partition coefficient (Wildman–Crippen LogP) is 2.15. The van der Waals surface area contributed by atoms with Gasteiger partial charge >= 0.3 is 0 Å². The number of hydrogen-bond donors (Lipinski definition) is 0. The van der Waals surface area contributed by atoms with Crippen molar-refractivity contribution in [1.29, 1.82) is 0 Å². The molecule has 3 rings (SSSR count). The van der Waals surface area contributed by atoms with E-state index in [1.807, 2.05) is 30.3 Å². The molecule has 7 nitrogen and oxygen atoms in total. The minimum atomic E-state index is -0.381. The highest BCUT2D eigenvalue weighted by molar-refractivity contribution is 5.75. The Balaban J connectivity index is 1.69. The van der Waals surface area contributed by atoms with Crippen molar-refractivity contribution in [2.75, 3.05) is 20.3 Å². The molecule has 0 unspecified atom stereocenters. The number of methoxy groups -OCH3 is 1. The molecule has 0 fully saturated rings. The second-order valence-corrected chi connectivity index (χ2v) is 5.95. The highest BCUT2D eigenvalue weighted by atomic mass is 19.1. The van der Waals surface area contributed by atoms with E-state index in [9.17, 15) is 9.18 Å². The largest absolute Gasteiger partial charge is 0.383 e.